The van der Waals surface area contributed by atoms with Crippen molar-refractivity contribution in [2.45, 2.75) is 58.7 Å². The molecular weight excluding hydrogens is 302 g/mol. The van der Waals surface area contributed by atoms with E-state index in [0.29, 0.717) is 5.92 Å². The van der Waals surface area contributed by atoms with E-state index in [-0.39, 0.29) is 18.1 Å². The molecule has 0 saturated carbocycles. The van der Waals surface area contributed by atoms with Crippen molar-refractivity contribution in [3.63, 3.8) is 0 Å². The van der Waals surface area contributed by atoms with Gasteiger partial charge >= 0.3 is 0 Å². The van der Waals surface area contributed by atoms with Gasteiger partial charge < -0.3 is 20.2 Å². The summed E-state index contributed by atoms with van der Waals surface area (Å²) < 4.78 is 11.6. The number of nitrogens with zero attached hydrogens (tertiary/aromatic N) is 1. The summed E-state index contributed by atoms with van der Waals surface area (Å²) in [5.41, 5.74) is 3.13. The first-order chi connectivity index (χ1) is 11.4. The van der Waals surface area contributed by atoms with E-state index in [1.54, 1.807) is 0 Å². The lowest BCUT2D eigenvalue weighted by atomic mass is 9.96. The number of nitrogens with one attached hydrogen (secondary N) is 2. The zero-order valence-electron chi connectivity index (χ0n) is 15.1. The van der Waals surface area contributed by atoms with Crippen molar-refractivity contribution in [3.05, 3.63) is 35.2 Å². The van der Waals surface area contributed by atoms with Gasteiger partial charge in [-0.15, -0.1) is 0 Å². The maximum Gasteiger partial charge on any atom is 0.200 e. The van der Waals surface area contributed by atoms with Crippen LogP contribution in [0.2, 0.25) is 0 Å². The van der Waals surface area contributed by atoms with Crippen LogP contribution in [0.15, 0.2) is 35.2 Å². The Morgan fingerprint density at radius 3 is 2.79 bits per heavy atom. The van der Waals surface area contributed by atoms with Gasteiger partial charge in [-0.05, 0) is 39.7 Å². The average molecular weight is 331 g/mol. The van der Waals surface area contributed by atoms with Gasteiger partial charge in [0.05, 0.1) is 5.60 Å². The second kappa shape index (κ2) is 6.82. The zero-order valence-corrected chi connectivity index (χ0v) is 15.1. The lowest BCUT2D eigenvalue weighted by molar-refractivity contribution is -0.0578. The predicted molar refractivity (Wildman–Crippen MR) is 95.6 cm³/mol. The number of hydrogen-bond donors (Lipinski definition) is 2. The zero-order chi connectivity index (χ0) is 17.3. The standard InChI is InChI=1S/C19H29N3O2/c1-13-11-22(17-18(23-17)24-19(2,3)4)12-14(10-20)16(13)21-15-8-6-5-7-9-15/h6,8-10,13,17-18,20-21H,5,7,11-12H2,1-4H3. The van der Waals surface area contributed by atoms with E-state index in [0.717, 1.165) is 42.9 Å². The van der Waals surface area contributed by atoms with Crippen LogP contribution in [0.5, 0.6) is 0 Å². The van der Waals surface area contributed by atoms with Crippen molar-refractivity contribution in [1.29, 1.82) is 5.41 Å². The molecule has 0 aromatic rings. The van der Waals surface area contributed by atoms with Crippen LogP contribution < -0.4 is 5.32 Å². The topological polar surface area (TPSA) is 60.9 Å². The van der Waals surface area contributed by atoms with Gasteiger partial charge in [-0.1, -0.05) is 19.1 Å². The van der Waals surface area contributed by atoms with Gasteiger partial charge in [-0.3, -0.25) is 4.90 Å². The predicted octanol–water partition coefficient (Wildman–Crippen LogP) is 3.16. The van der Waals surface area contributed by atoms with Crippen LogP contribution in [-0.4, -0.2) is 42.3 Å². The Hall–Kier alpha value is -1.43. The molecule has 1 aliphatic carbocycles. The second-order valence-electron chi connectivity index (χ2n) is 7.80. The van der Waals surface area contributed by atoms with E-state index >= 15 is 0 Å². The molecule has 0 radical (unpaired) electrons. The molecule has 1 fully saturated rings. The van der Waals surface area contributed by atoms with Crippen molar-refractivity contribution in [2.24, 2.45) is 5.92 Å². The smallest absolute Gasteiger partial charge is 0.200 e. The number of rotatable bonds is 5. The molecule has 2 aliphatic heterocycles. The summed E-state index contributed by atoms with van der Waals surface area (Å²) >= 11 is 0. The number of ether oxygens (including phenoxy) is 2. The summed E-state index contributed by atoms with van der Waals surface area (Å²) in [5.74, 6) is 0.325. The van der Waals surface area contributed by atoms with E-state index in [2.05, 4.69) is 35.4 Å². The lowest BCUT2D eigenvalue weighted by Crippen LogP contribution is -2.43. The van der Waals surface area contributed by atoms with E-state index < -0.39 is 0 Å². The highest BCUT2D eigenvalue weighted by atomic mass is 16.8. The number of allylic oxidation sites excluding steroid dienone is 3. The summed E-state index contributed by atoms with van der Waals surface area (Å²) in [5, 5.41) is 11.4. The van der Waals surface area contributed by atoms with Crippen LogP contribution in [0.4, 0.5) is 0 Å². The van der Waals surface area contributed by atoms with E-state index in [9.17, 15) is 0 Å². The third-order valence-corrected chi connectivity index (χ3v) is 4.43. The first-order valence-corrected chi connectivity index (χ1v) is 8.82. The van der Waals surface area contributed by atoms with Gasteiger partial charge in [0.15, 0.2) is 12.5 Å². The van der Waals surface area contributed by atoms with Gasteiger partial charge in [-0.2, -0.15) is 0 Å². The van der Waals surface area contributed by atoms with Crippen LogP contribution in [0.3, 0.4) is 0 Å². The highest BCUT2D eigenvalue weighted by Crippen LogP contribution is 2.34. The maximum atomic E-state index is 7.82. The Labute approximate surface area is 144 Å². The second-order valence-corrected chi connectivity index (χ2v) is 7.80. The van der Waals surface area contributed by atoms with Crippen molar-refractivity contribution >= 4 is 6.21 Å². The third kappa shape index (κ3) is 4.15. The van der Waals surface area contributed by atoms with Crippen molar-refractivity contribution in [2.75, 3.05) is 13.1 Å². The van der Waals surface area contributed by atoms with Gasteiger partial charge in [0.1, 0.15) is 0 Å². The van der Waals surface area contributed by atoms with Crippen LogP contribution in [0.1, 0.15) is 40.5 Å². The number of hydrogen-bond acceptors (Lipinski definition) is 5. The molecule has 3 rings (SSSR count). The minimum Gasteiger partial charge on any atom is -0.359 e. The first kappa shape index (κ1) is 17.4. The quantitative estimate of drug-likeness (QED) is 0.600. The van der Waals surface area contributed by atoms with E-state index in [1.807, 2.05) is 20.8 Å². The monoisotopic (exact) mass is 331 g/mol. The molecule has 2 N–H and O–H groups in total. The molecule has 3 unspecified atom stereocenters. The molecule has 3 aliphatic rings. The summed E-state index contributed by atoms with van der Waals surface area (Å²) in [6, 6.07) is 0. The minimum atomic E-state index is -0.201. The molecule has 24 heavy (non-hydrogen) atoms. The summed E-state index contributed by atoms with van der Waals surface area (Å²) in [6.45, 7) is 9.96. The fourth-order valence-corrected chi connectivity index (χ4v) is 3.30. The van der Waals surface area contributed by atoms with Gasteiger partial charge in [0.25, 0.3) is 0 Å². The lowest BCUT2D eigenvalue weighted by Gasteiger charge is -2.34. The van der Waals surface area contributed by atoms with E-state index in [1.165, 1.54) is 6.21 Å². The summed E-state index contributed by atoms with van der Waals surface area (Å²) in [4.78, 5) is 2.28. The van der Waals surface area contributed by atoms with Crippen molar-refractivity contribution in [1.82, 2.24) is 10.2 Å². The first-order valence-electron chi connectivity index (χ1n) is 8.82. The molecule has 0 aromatic carbocycles. The molecule has 3 atom stereocenters. The highest BCUT2D eigenvalue weighted by molar-refractivity contribution is 5.78. The Morgan fingerprint density at radius 2 is 2.17 bits per heavy atom. The summed E-state index contributed by atoms with van der Waals surface area (Å²) in [7, 11) is 0. The molecule has 132 valence electrons. The molecule has 1 saturated heterocycles. The van der Waals surface area contributed by atoms with Crippen molar-refractivity contribution < 1.29 is 9.47 Å². The molecule has 0 aromatic heterocycles. The Balaban J connectivity index is 1.66. The SMILES string of the molecule is CC1CN(C2OC2OC(C)(C)C)CC(C=N)=C1NC1=CCCC=C1. The van der Waals surface area contributed by atoms with Gasteiger partial charge in [-0.25, -0.2) is 0 Å². The van der Waals surface area contributed by atoms with Gasteiger partial charge in [0, 0.05) is 42.2 Å². The molecule has 5 nitrogen and oxygen atoms in total. The largest absolute Gasteiger partial charge is 0.359 e. The van der Waals surface area contributed by atoms with Gasteiger partial charge in [0.2, 0.25) is 0 Å². The van der Waals surface area contributed by atoms with Crippen molar-refractivity contribution in [3.8, 4) is 0 Å². The third-order valence-electron chi connectivity index (χ3n) is 4.43. The Kier molecular flexibility index (Phi) is 4.95. The molecule has 0 amide bonds. The van der Waals surface area contributed by atoms with Crippen LogP contribution in [0, 0.1) is 11.3 Å². The molecule has 0 bridgehead atoms. The van der Waals surface area contributed by atoms with Crippen LogP contribution in [-0.2, 0) is 9.47 Å². The molecule has 0 spiro atoms. The maximum absolute atomic E-state index is 7.82. The Morgan fingerprint density at radius 1 is 1.38 bits per heavy atom. The summed E-state index contributed by atoms with van der Waals surface area (Å²) in [6.07, 6.45) is 10.1. The molecule has 5 heteroatoms. The number of epoxide rings is 1. The molecule has 2 heterocycles. The van der Waals surface area contributed by atoms with E-state index in [4.69, 9.17) is 14.9 Å². The normalized spacial score (nSPS) is 31.0. The fourth-order valence-electron chi connectivity index (χ4n) is 3.30. The van der Waals surface area contributed by atoms with Crippen LogP contribution >= 0.6 is 0 Å². The average Bonchev–Trinajstić information content (AvgIpc) is 3.27. The fraction of sp³-hybridized carbons (Fsp3) is 0.632. The highest BCUT2D eigenvalue weighted by Gasteiger charge is 2.48. The minimum absolute atomic E-state index is 0.0111. The molecular formula is C19H29N3O2. The Bertz CT molecular complexity index is 586. The van der Waals surface area contributed by atoms with Crippen LogP contribution in [0.25, 0.3) is 0 Å².